The molecule has 6 nitrogen and oxygen atoms in total. The van der Waals surface area contributed by atoms with Gasteiger partial charge in [0.2, 0.25) is 10.0 Å². The van der Waals surface area contributed by atoms with E-state index in [1.807, 2.05) is 12.1 Å². The summed E-state index contributed by atoms with van der Waals surface area (Å²) in [5.41, 5.74) is 6.21. The number of nitrogens with one attached hydrogen (secondary N) is 1. The molecule has 0 bridgehead atoms. The lowest BCUT2D eigenvalue weighted by Crippen LogP contribution is -2.35. The highest BCUT2D eigenvalue weighted by Gasteiger charge is 2.12. The largest absolute Gasteiger partial charge is 0.399 e. The Morgan fingerprint density at radius 3 is 2.53 bits per heavy atom. The zero-order valence-corrected chi connectivity index (χ0v) is 12.0. The Morgan fingerprint density at radius 1 is 1.32 bits per heavy atom. The minimum atomic E-state index is -3.43. The predicted molar refractivity (Wildman–Crippen MR) is 76.5 cm³/mol. The Hall–Kier alpha value is -0.800. The second-order valence-corrected chi connectivity index (χ2v) is 7.02. The van der Waals surface area contributed by atoms with E-state index in [0.29, 0.717) is 11.4 Å². The summed E-state index contributed by atoms with van der Waals surface area (Å²) < 4.78 is 25.4. The average Bonchev–Trinajstić information content (AvgIpc) is 2.38. The number of benzene rings is 1. The van der Waals surface area contributed by atoms with Crippen molar-refractivity contribution in [2.24, 2.45) is 0 Å². The van der Waals surface area contributed by atoms with Gasteiger partial charge in [-0.2, -0.15) is 0 Å². The molecule has 1 atom stereocenters. The van der Waals surface area contributed by atoms with Gasteiger partial charge in [0.05, 0.1) is 18.5 Å². The first-order chi connectivity index (χ1) is 8.93. The lowest BCUT2D eigenvalue weighted by atomic mass is 10.3. The van der Waals surface area contributed by atoms with Crippen LogP contribution in [0.25, 0.3) is 0 Å². The molecule has 0 aliphatic carbocycles. The number of aliphatic hydroxyl groups excluding tert-OH is 2. The fourth-order valence-electron chi connectivity index (χ4n) is 1.19. The zero-order chi connectivity index (χ0) is 14.3. The molecular formula is C11H18N2O4S2. The van der Waals surface area contributed by atoms with Crippen molar-refractivity contribution >= 4 is 27.5 Å². The van der Waals surface area contributed by atoms with Gasteiger partial charge >= 0.3 is 0 Å². The maximum absolute atomic E-state index is 11.6. The lowest BCUT2D eigenvalue weighted by molar-refractivity contribution is 0.0988. The summed E-state index contributed by atoms with van der Waals surface area (Å²) in [4.78, 5) is 0.944. The monoisotopic (exact) mass is 306 g/mol. The van der Waals surface area contributed by atoms with E-state index in [9.17, 15) is 8.42 Å². The fraction of sp³-hybridized carbons (Fsp3) is 0.455. The first kappa shape index (κ1) is 16.3. The number of aliphatic hydroxyl groups is 2. The third-order valence-corrected chi connectivity index (χ3v) is 4.87. The van der Waals surface area contributed by atoms with Crippen LogP contribution in [-0.4, -0.2) is 49.4 Å². The second kappa shape index (κ2) is 7.71. The van der Waals surface area contributed by atoms with Gasteiger partial charge < -0.3 is 15.9 Å². The first-order valence-corrected chi connectivity index (χ1v) is 8.31. The molecule has 108 valence electrons. The highest BCUT2D eigenvalue weighted by molar-refractivity contribution is 8.00. The maximum Gasteiger partial charge on any atom is 0.212 e. The number of nitrogen functional groups attached to an aromatic ring is 1. The highest BCUT2D eigenvalue weighted by atomic mass is 32.2. The van der Waals surface area contributed by atoms with E-state index in [1.165, 1.54) is 11.8 Å². The molecule has 19 heavy (non-hydrogen) atoms. The van der Waals surface area contributed by atoms with Crippen LogP contribution in [0.1, 0.15) is 0 Å². The Kier molecular flexibility index (Phi) is 6.59. The Bertz CT molecular complexity index is 476. The Morgan fingerprint density at radius 2 is 1.95 bits per heavy atom. The number of sulfonamides is 1. The van der Waals surface area contributed by atoms with E-state index >= 15 is 0 Å². The number of anilines is 1. The van der Waals surface area contributed by atoms with Crippen LogP contribution in [0.4, 0.5) is 5.69 Å². The van der Waals surface area contributed by atoms with Gasteiger partial charge in [0.15, 0.2) is 0 Å². The molecule has 0 spiro atoms. The van der Waals surface area contributed by atoms with Crippen LogP contribution in [0, 0.1) is 0 Å². The van der Waals surface area contributed by atoms with Crippen LogP contribution in [0.3, 0.4) is 0 Å². The summed E-state index contributed by atoms with van der Waals surface area (Å²) in [6, 6.07) is 7.17. The summed E-state index contributed by atoms with van der Waals surface area (Å²) in [5.74, 6) is 0.342. The Balaban J connectivity index is 2.33. The summed E-state index contributed by atoms with van der Waals surface area (Å²) >= 11 is 1.41. The molecular weight excluding hydrogens is 288 g/mol. The average molecular weight is 306 g/mol. The SMILES string of the molecule is Nc1ccc(SCCS(=O)(=O)NCC(O)CO)cc1. The minimum absolute atomic E-state index is 0.0554. The second-order valence-electron chi connectivity index (χ2n) is 3.92. The maximum atomic E-state index is 11.6. The van der Waals surface area contributed by atoms with Gasteiger partial charge in [0.25, 0.3) is 0 Å². The Labute approximate surface area is 117 Å². The van der Waals surface area contributed by atoms with E-state index in [2.05, 4.69) is 4.72 Å². The molecule has 5 N–H and O–H groups in total. The number of hydrogen-bond donors (Lipinski definition) is 4. The molecule has 0 fully saturated rings. The van der Waals surface area contributed by atoms with Gasteiger partial charge in [0, 0.05) is 22.9 Å². The highest BCUT2D eigenvalue weighted by Crippen LogP contribution is 2.19. The smallest absolute Gasteiger partial charge is 0.212 e. The van der Waals surface area contributed by atoms with Crippen LogP contribution in [0.15, 0.2) is 29.2 Å². The van der Waals surface area contributed by atoms with E-state index in [4.69, 9.17) is 15.9 Å². The minimum Gasteiger partial charge on any atom is -0.399 e. The van der Waals surface area contributed by atoms with Gasteiger partial charge in [0.1, 0.15) is 0 Å². The molecule has 8 heteroatoms. The number of nitrogens with two attached hydrogens (primary N) is 1. The summed E-state index contributed by atoms with van der Waals surface area (Å²) in [6.45, 7) is -0.645. The van der Waals surface area contributed by atoms with E-state index in [0.717, 1.165) is 4.90 Å². The lowest BCUT2D eigenvalue weighted by Gasteiger charge is -2.09. The van der Waals surface area contributed by atoms with Crippen LogP contribution >= 0.6 is 11.8 Å². The van der Waals surface area contributed by atoms with Gasteiger partial charge in [-0.05, 0) is 24.3 Å². The standard InChI is InChI=1S/C11H18N2O4S2/c12-9-1-3-11(4-2-9)18-5-6-19(16,17)13-7-10(15)8-14/h1-4,10,13-15H,5-8,12H2. The first-order valence-electron chi connectivity index (χ1n) is 5.67. The third kappa shape index (κ3) is 6.79. The molecule has 0 saturated heterocycles. The molecule has 0 aromatic heterocycles. The van der Waals surface area contributed by atoms with Crippen LogP contribution in [0.5, 0.6) is 0 Å². The van der Waals surface area contributed by atoms with Crippen molar-refractivity contribution in [3.05, 3.63) is 24.3 Å². The van der Waals surface area contributed by atoms with Gasteiger partial charge in [-0.15, -0.1) is 11.8 Å². The topological polar surface area (TPSA) is 113 Å². The summed E-state index contributed by atoms with van der Waals surface area (Å²) in [5, 5.41) is 17.6. The van der Waals surface area contributed by atoms with E-state index in [-0.39, 0.29) is 12.3 Å². The summed E-state index contributed by atoms with van der Waals surface area (Å²) in [6.07, 6.45) is -1.07. The van der Waals surface area contributed by atoms with Crippen molar-refractivity contribution in [1.29, 1.82) is 0 Å². The van der Waals surface area contributed by atoms with Crippen molar-refractivity contribution in [2.75, 3.05) is 30.4 Å². The number of rotatable bonds is 8. The molecule has 0 saturated carbocycles. The molecule has 1 unspecified atom stereocenters. The van der Waals surface area contributed by atoms with Crippen molar-refractivity contribution in [3.8, 4) is 0 Å². The van der Waals surface area contributed by atoms with Gasteiger partial charge in [-0.25, -0.2) is 13.1 Å². The summed E-state index contributed by atoms with van der Waals surface area (Å²) in [7, 11) is -3.43. The van der Waals surface area contributed by atoms with Crippen LogP contribution in [0.2, 0.25) is 0 Å². The van der Waals surface area contributed by atoms with Crippen LogP contribution in [-0.2, 0) is 10.0 Å². The molecule has 0 radical (unpaired) electrons. The van der Waals surface area contributed by atoms with Crippen molar-refractivity contribution in [3.63, 3.8) is 0 Å². The van der Waals surface area contributed by atoms with Crippen molar-refractivity contribution in [2.45, 2.75) is 11.0 Å². The number of thioether (sulfide) groups is 1. The molecule has 0 aliphatic heterocycles. The van der Waals surface area contributed by atoms with Crippen molar-refractivity contribution in [1.82, 2.24) is 4.72 Å². The van der Waals surface area contributed by atoms with E-state index < -0.39 is 22.7 Å². The zero-order valence-electron chi connectivity index (χ0n) is 10.3. The third-order valence-electron chi connectivity index (χ3n) is 2.25. The predicted octanol–water partition coefficient (Wildman–Crippen LogP) is -0.367. The molecule has 1 rings (SSSR count). The van der Waals surface area contributed by atoms with Crippen LogP contribution < -0.4 is 10.5 Å². The number of hydrogen-bond acceptors (Lipinski definition) is 6. The molecule has 1 aromatic carbocycles. The van der Waals surface area contributed by atoms with Gasteiger partial charge in [-0.1, -0.05) is 0 Å². The quantitative estimate of drug-likeness (QED) is 0.385. The van der Waals surface area contributed by atoms with Gasteiger partial charge in [-0.3, -0.25) is 0 Å². The molecule has 0 aliphatic rings. The fourth-order valence-corrected chi connectivity index (χ4v) is 3.56. The molecule has 0 amide bonds. The normalized spacial score (nSPS) is 13.4. The van der Waals surface area contributed by atoms with E-state index in [1.54, 1.807) is 12.1 Å². The van der Waals surface area contributed by atoms with Crippen molar-refractivity contribution < 1.29 is 18.6 Å². The molecule has 0 heterocycles. The molecule has 1 aromatic rings.